The Hall–Kier alpha value is -1.81. The smallest absolute Gasteiger partial charge is 0.128 e. The Bertz CT molecular complexity index is 505. The van der Waals surface area contributed by atoms with Gasteiger partial charge in [-0.15, -0.1) is 0 Å². The Morgan fingerprint density at radius 1 is 1.39 bits per heavy atom. The number of anilines is 1. The van der Waals surface area contributed by atoms with E-state index >= 15 is 0 Å². The number of aromatic nitrogens is 2. The highest BCUT2D eigenvalue weighted by molar-refractivity contribution is 5.52. The molecular weight excluding hydrogens is 226 g/mol. The number of hydrogen-bond acceptors (Lipinski definition) is 3. The van der Waals surface area contributed by atoms with Crippen molar-refractivity contribution in [3.05, 3.63) is 48.0 Å². The maximum atomic E-state index is 9.70. The van der Waals surface area contributed by atoms with E-state index in [-0.39, 0.29) is 0 Å². The monoisotopic (exact) mass is 245 g/mol. The topological polar surface area (TPSA) is 50.1 Å². The second kappa shape index (κ2) is 5.69. The molecule has 0 radical (unpaired) electrons. The molecule has 0 aliphatic heterocycles. The molecule has 1 aromatic carbocycles. The van der Waals surface area contributed by atoms with E-state index < -0.39 is 6.10 Å². The van der Waals surface area contributed by atoms with Crippen LogP contribution in [-0.4, -0.2) is 14.7 Å². The first-order valence-electron chi connectivity index (χ1n) is 6.23. The van der Waals surface area contributed by atoms with Crippen molar-refractivity contribution in [3.8, 4) is 0 Å². The van der Waals surface area contributed by atoms with Crippen molar-refractivity contribution in [2.24, 2.45) is 0 Å². The molecule has 96 valence electrons. The molecule has 0 amide bonds. The first-order valence-corrected chi connectivity index (χ1v) is 6.23. The minimum atomic E-state index is -0.473. The van der Waals surface area contributed by atoms with Gasteiger partial charge >= 0.3 is 0 Å². The lowest BCUT2D eigenvalue weighted by molar-refractivity contribution is 0.200. The quantitative estimate of drug-likeness (QED) is 0.851. The highest BCUT2D eigenvalue weighted by Crippen LogP contribution is 2.22. The van der Waals surface area contributed by atoms with Crippen molar-refractivity contribution in [2.45, 2.75) is 33.0 Å². The van der Waals surface area contributed by atoms with Crippen molar-refractivity contribution < 1.29 is 5.11 Å². The molecule has 18 heavy (non-hydrogen) atoms. The number of aryl methyl sites for hydroxylation is 1. The van der Waals surface area contributed by atoms with E-state index in [0.29, 0.717) is 6.54 Å². The van der Waals surface area contributed by atoms with Gasteiger partial charge in [0.15, 0.2) is 0 Å². The third-order valence-electron chi connectivity index (χ3n) is 2.99. The number of aliphatic hydroxyl groups is 1. The number of hydrogen-bond donors (Lipinski definition) is 2. The Morgan fingerprint density at radius 3 is 2.89 bits per heavy atom. The van der Waals surface area contributed by atoms with Gasteiger partial charge in [0.1, 0.15) is 5.82 Å². The fraction of sp³-hybridized carbons (Fsp3) is 0.357. The van der Waals surface area contributed by atoms with E-state index in [0.717, 1.165) is 23.6 Å². The summed E-state index contributed by atoms with van der Waals surface area (Å²) in [5.74, 6) is 0.998. The summed E-state index contributed by atoms with van der Waals surface area (Å²) in [6, 6.07) is 7.79. The van der Waals surface area contributed by atoms with Gasteiger partial charge in [-0.2, -0.15) is 0 Å². The Morgan fingerprint density at radius 2 is 2.17 bits per heavy atom. The van der Waals surface area contributed by atoms with Crippen molar-refractivity contribution in [2.75, 3.05) is 5.32 Å². The summed E-state index contributed by atoms with van der Waals surface area (Å²) in [6.07, 6.45) is 3.30. The summed E-state index contributed by atoms with van der Waals surface area (Å²) >= 11 is 0. The fourth-order valence-corrected chi connectivity index (χ4v) is 1.99. The van der Waals surface area contributed by atoms with Crippen molar-refractivity contribution in [3.63, 3.8) is 0 Å². The molecule has 0 fully saturated rings. The Labute approximate surface area is 107 Å². The lowest BCUT2D eigenvalue weighted by Gasteiger charge is -2.14. The van der Waals surface area contributed by atoms with Crippen molar-refractivity contribution in [1.82, 2.24) is 9.55 Å². The van der Waals surface area contributed by atoms with Crippen molar-refractivity contribution in [1.29, 1.82) is 0 Å². The molecule has 0 spiro atoms. The van der Waals surface area contributed by atoms with Crippen LogP contribution >= 0.6 is 0 Å². The zero-order valence-corrected chi connectivity index (χ0v) is 10.8. The van der Waals surface area contributed by atoms with Crippen LogP contribution in [0, 0.1) is 0 Å². The van der Waals surface area contributed by atoms with Gasteiger partial charge < -0.3 is 15.0 Å². The van der Waals surface area contributed by atoms with Crippen LogP contribution in [0.15, 0.2) is 36.7 Å². The minimum Gasteiger partial charge on any atom is -0.389 e. The SMILES string of the molecule is CCn1ccnc1CNc1ccccc1C(C)O. The van der Waals surface area contributed by atoms with Crippen LogP contribution < -0.4 is 5.32 Å². The van der Waals surface area contributed by atoms with Crippen LogP contribution in [0.1, 0.15) is 31.3 Å². The summed E-state index contributed by atoms with van der Waals surface area (Å²) in [7, 11) is 0. The molecule has 0 saturated carbocycles. The molecule has 1 unspecified atom stereocenters. The largest absolute Gasteiger partial charge is 0.389 e. The number of nitrogens with zero attached hydrogens (tertiary/aromatic N) is 2. The molecule has 0 saturated heterocycles. The first kappa shape index (κ1) is 12.6. The summed E-state index contributed by atoms with van der Waals surface area (Å²) < 4.78 is 2.10. The van der Waals surface area contributed by atoms with Gasteiger partial charge in [-0.1, -0.05) is 18.2 Å². The van der Waals surface area contributed by atoms with E-state index in [4.69, 9.17) is 0 Å². The normalized spacial score (nSPS) is 12.4. The molecule has 0 bridgehead atoms. The molecule has 2 aromatic rings. The second-order valence-corrected chi connectivity index (χ2v) is 4.25. The Balaban J connectivity index is 2.11. The molecule has 2 N–H and O–H groups in total. The number of imidazole rings is 1. The minimum absolute atomic E-state index is 0.473. The second-order valence-electron chi connectivity index (χ2n) is 4.25. The molecular formula is C14H19N3O. The number of benzene rings is 1. The number of nitrogens with one attached hydrogen (secondary N) is 1. The van der Waals surface area contributed by atoms with E-state index in [9.17, 15) is 5.11 Å². The third kappa shape index (κ3) is 2.71. The molecule has 1 heterocycles. The maximum Gasteiger partial charge on any atom is 0.128 e. The van der Waals surface area contributed by atoms with Gasteiger partial charge in [0.05, 0.1) is 12.6 Å². The third-order valence-corrected chi connectivity index (χ3v) is 2.99. The molecule has 4 nitrogen and oxygen atoms in total. The fourth-order valence-electron chi connectivity index (χ4n) is 1.99. The van der Waals surface area contributed by atoms with Crippen LogP contribution in [0.3, 0.4) is 0 Å². The number of aliphatic hydroxyl groups excluding tert-OH is 1. The molecule has 1 aromatic heterocycles. The average molecular weight is 245 g/mol. The van der Waals surface area contributed by atoms with Gasteiger partial charge in [-0.25, -0.2) is 4.98 Å². The standard InChI is InChI=1S/C14H19N3O/c1-3-17-9-8-15-14(17)10-16-13-7-5-4-6-12(13)11(2)18/h4-9,11,16,18H,3,10H2,1-2H3. The van der Waals surface area contributed by atoms with E-state index in [1.54, 1.807) is 13.1 Å². The summed E-state index contributed by atoms with van der Waals surface area (Å²) in [6.45, 7) is 5.43. The van der Waals surface area contributed by atoms with Crippen LogP contribution in [-0.2, 0) is 13.1 Å². The van der Waals surface area contributed by atoms with Crippen LogP contribution in [0.4, 0.5) is 5.69 Å². The van der Waals surface area contributed by atoms with Crippen molar-refractivity contribution >= 4 is 5.69 Å². The molecule has 2 rings (SSSR count). The predicted molar refractivity (Wildman–Crippen MR) is 72.3 cm³/mol. The predicted octanol–water partition coefficient (Wildman–Crippen LogP) is 2.57. The first-order chi connectivity index (χ1) is 8.72. The van der Waals surface area contributed by atoms with Crippen LogP contribution in [0.25, 0.3) is 0 Å². The Kier molecular flexibility index (Phi) is 3.99. The lowest BCUT2D eigenvalue weighted by Crippen LogP contribution is -2.09. The zero-order valence-electron chi connectivity index (χ0n) is 10.8. The maximum absolute atomic E-state index is 9.70. The van der Waals surface area contributed by atoms with Gasteiger partial charge in [-0.3, -0.25) is 0 Å². The van der Waals surface area contributed by atoms with Gasteiger partial charge in [0.2, 0.25) is 0 Å². The highest BCUT2D eigenvalue weighted by Gasteiger charge is 2.07. The van der Waals surface area contributed by atoms with E-state index in [2.05, 4.69) is 21.8 Å². The van der Waals surface area contributed by atoms with Crippen LogP contribution in [0.2, 0.25) is 0 Å². The molecule has 0 aliphatic rings. The lowest BCUT2D eigenvalue weighted by atomic mass is 10.1. The zero-order chi connectivity index (χ0) is 13.0. The molecule has 4 heteroatoms. The highest BCUT2D eigenvalue weighted by atomic mass is 16.3. The number of rotatable bonds is 5. The average Bonchev–Trinajstić information content (AvgIpc) is 2.84. The number of para-hydroxylation sites is 1. The summed E-state index contributed by atoms with van der Waals surface area (Å²) in [4.78, 5) is 4.31. The summed E-state index contributed by atoms with van der Waals surface area (Å²) in [5, 5.41) is 13.0. The molecule has 0 aliphatic carbocycles. The van der Waals surface area contributed by atoms with Gasteiger partial charge in [0, 0.05) is 30.2 Å². The van der Waals surface area contributed by atoms with Crippen LogP contribution in [0.5, 0.6) is 0 Å². The summed E-state index contributed by atoms with van der Waals surface area (Å²) in [5.41, 5.74) is 1.87. The van der Waals surface area contributed by atoms with Gasteiger partial charge in [0.25, 0.3) is 0 Å². The van der Waals surface area contributed by atoms with E-state index in [1.165, 1.54) is 0 Å². The molecule has 1 atom stereocenters. The van der Waals surface area contributed by atoms with E-state index in [1.807, 2.05) is 30.5 Å². The van der Waals surface area contributed by atoms with Gasteiger partial charge in [-0.05, 0) is 19.9 Å².